The summed E-state index contributed by atoms with van der Waals surface area (Å²) in [5.74, 6) is 3.36. The fourth-order valence-electron chi connectivity index (χ4n) is 6.49. The van der Waals surface area contributed by atoms with Gasteiger partial charge in [0.1, 0.15) is 0 Å². The summed E-state index contributed by atoms with van der Waals surface area (Å²) in [5, 5.41) is 0. The lowest BCUT2D eigenvalue weighted by Gasteiger charge is -2.34. The van der Waals surface area contributed by atoms with Gasteiger partial charge in [-0.2, -0.15) is 0 Å². The molecule has 0 saturated carbocycles. The average Bonchev–Trinajstić information content (AvgIpc) is 3.20. The molecule has 0 aliphatic carbocycles. The van der Waals surface area contributed by atoms with Crippen molar-refractivity contribution in [3.05, 3.63) is 182 Å². The largest absolute Gasteiger partial charge is 0.453 e. The minimum Gasteiger partial charge on any atom is -0.453 e. The van der Waals surface area contributed by atoms with Gasteiger partial charge in [0, 0.05) is 16.7 Å². The fourth-order valence-corrected chi connectivity index (χ4v) is 6.49. The summed E-state index contributed by atoms with van der Waals surface area (Å²) in [6.45, 7) is 0. The van der Waals surface area contributed by atoms with Crippen molar-refractivity contribution in [1.82, 2.24) is 15.0 Å². The third-order valence-corrected chi connectivity index (χ3v) is 8.91. The molecule has 0 radical (unpaired) electrons. The number of rotatable bonds is 6. The summed E-state index contributed by atoms with van der Waals surface area (Å²) in [5.41, 5.74) is 10.00. The van der Waals surface area contributed by atoms with Crippen LogP contribution in [0.25, 0.3) is 56.4 Å². The number of fused-ring (bicyclic) bond motifs is 2. The summed E-state index contributed by atoms with van der Waals surface area (Å²) in [6.07, 6.45) is 0. The molecule has 2 heterocycles. The molecule has 50 heavy (non-hydrogen) atoms. The van der Waals surface area contributed by atoms with Gasteiger partial charge in [-0.05, 0) is 64.7 Å². The van der Waals surface area contributed by atoms with Crippen LogP contribution in [0.2, 0.25) is 0 Å². The number of ether oxygens (including phenoxy) is 1. The van der Waals surface area contributed by atoms with E-state index in [9.17, 15) is 0 Å². The van der Waals surface area contributed by atoms with E-state index in [1.807, 2.05) is 103 Å². The van der Waals surface area contributed by atoms with Crippen LogP contribution >= 0.6 is 0 Å². The van der Waals surface area contributed by atoms with Crippen LogP contribution in [0, 0.1) is 0 Å². The van der Waals surface area contributed by atoms with Crippen LogP contribution in [-0.2, 0) is 0 Å². The second-order valence-corrected chi connectivity index (χ2v) is 12.1. The Hall–Kier alpha value is -6.85. The summed E-state index contributed by atoms with van der Waals surface area (Å²) in [7, 11) is 0. The molecule has 1 aromatic heterocycles. The number of anilines is 3. The third kappa shape index (κ3) is 5.47. The summed E-state index contributed by atoms with van der Waals surface area (Å²) in [4.78, 5) is 17.6. The minimum absolute atomic E-state index is 0.579. The highest BCUT2D eigenvalue weighted by atomic mass is 16.5. The van der Waals surface area contributed by atoms with E-state index >= 15 is 0 Å². The van der Waals surface area contributed by atoms with E-state index in [2.05, 4.69) is 83.8 Å². The number of hydrogen-bond donors (Lipinski definition) is 0. The molecule has 0 N–H and O–H groups in total. The summed E-state index contributed by atoms with van der Waals surface area (Å²) in [6, 6.07) is 62.1. The molecule has 0 amide bonds. The van der Waals surface area contributed by atoms with Crippen LogP contribution in [0.4, 0.5) is 17.1 Å². The highest BCUT2D eigenvalue weighted by molar-refractivity contribution is 5.94. The highest BCUT2D eigenvalue weighted by Gasteiger charge is 2.28. The van der Waals surface area contributed by atoms with Crippen LogP contribution < -0.4 is 9.64 Å². The van der Waals surface area contributed by atoms with E-state index in [1.54, 1.807) is 0 Å². The second kappa shape index (κ2) is 12.6. The van der Waals surface area contributed by atoms with E-state index in [-0.39, 0.29) is 0 Å². The van der Waals surface area contributed by atoms with E-state index in [4.69, 9.17) is 19.7 Å². The maximum Gasteiger partial charge on any atom is 0.166 e. The molecular weight excluding hydrogens is 613 g/mol. The van der Waals surface area contributed by atoms with Crippen molar-refractivity contribution in [2.45, 2.75) is 0 Å². The molecule has 0 atom stereocenters. The number of benzene rings is 7. The van der Waals surface area contributed by atoms with Crippen molar-refractivity contribution in [3.8, 4) is 67.9 Å². The Balaban J connectivity index is 1.30. The van der Waals surface area contributed by atoms with Crippen LogP contribution in [-0.4, -0.2) is 15.0 Å². The van der Waals surface area contributed by atoms with Crippen molar-refractivity contribution >= 4 is 17.1 Å². The zero-order valence-electron chi connectivity index (χ0n) is 27.0. The predicted octanol–water partition coefficient (Wildman–Crippen LogP) is 11.8. The smallest absolute Gasteiger partial charge is 0.166 e. The Labute approximate surface area is 290 Å². The molecule has 0 spiro atoms. The molecular formula is C45H30N4O. The topological polar surface area (TPSA) is 51.1 Å². The lowest BCUT2D eigenvalue weighted by atomic mass is 9.96. The standard InChI is InChI=1S/C45H30N4O/c1-4-15-31(16-5-1)34-21-14-22-35(29-34)36-27-28-38(49-39-23-10-12-25-41(39)50-42-26-13-11-24-40(42)49)37(30-36)45-47-43(32-17-6-2-7-18-32)46-44(48-45)33-19-8-3-9-20-33/h1-30H. The molecule has 236 valence electrons. The molecule has 0 bridgehead atoms. The van der Waals surface area contributed by atoms with Crippen LogP contribution in [0.15, 0.2) is 182 Å². The Morgan fingerprint density at radius 2 is 0.760 bits per heavy atom. The van der Waals surface area contributed by atoms with Crippen LogP contribution in [0.1, 0.15) is 0 Å². The SMILES string of the molecule is c1ccc(-c2cccc(-c3ccc(N4c5ccccc5Oc5ccccc54)c(-c4nc(-c5ccccc5)nc(-c5ccccc5)n4)c3)c2)cc1. The Bertz CT molecular complexity index is 2360. The third-order valence-electron chi connectivity index (χ3n) is 8.91. The maximum atomic E-state index is 6.39. The highest BCUT2D eigenvalue weighted by Crippen LogP contribution is 2.52. The van der Waals surface area contributed by atoms with E-state index in [0.717, 1.165) is 61.9 Å². The van der Waals surface area contributed by atoms with Crippen molar-refractivity contribution in [1.29, 1.82) is 0 Å². The van der Waals surface area contributed by atoms with Gasteiger partial charge in [0.15, 0.2) is 29.0 Å². The van der Waals surface area contributed by atoms with Crippen LogP contribution in [0.3, 0.4) is 0 Å². The lowest BCUT2D eigenvalue weighted by Crippen LogP contribution is -2.17. The van der Waals surface area contributed by atoms with Gasteiger partial charge in [-0.1, -0.05) is 140 Å². The monoisotopic (exact) mass is 642 g/mol. The molecule has 0 saturated heterocycles. The zero-order valence-corrected chi connectivity index (χ0v) is 27.0. The normalized spacial score (nSPS) is 11.7. The Kier molecular flexibility index (Phi) is 7.41. The van der Waals surface area contributed by atoms with Gasteiger partial charge in [0.05, 0.1) is 17.1 Å². The number of para-hydroxylation sites is 4. The molecule has 0 unspecified atom stereocenters. The molecule has 5 heteroatoms. The fraction of sp³-hybridized carbons (Fsp3) is 0. The Morgan fingerprint density at radius 1 is 0.320 bits per heavy atom. The lowest BCUT2D eigenvalue weighted by molar-refractivity contribution is 0.477. The first-order chi connectivity index (χ1) is 24.8. The van der Waals surface area contributed by atoms with Crippen molar-refractivity contribution in [2.24, 2.45) is 0 Å². The van der Waals surface area contributed by atoms with E-state index < -0.39 is 0 Å². The van der Waals surface area contributed by atoms with Gasteiger partial charge in [-0.3, -0.25) is 0 Å². The van der Waals surface area contributed by atoms with Crippen molar-refractivity contribution in [3.63, 3.8) is 0 Å². The first-order valence-electron chi connectivity index (χ1n) is 16.6. The molecule has 1 aliphatic heterocycles. The van der Waals surface area contributed by atoms with Gasteiger partial charge in [0.2, 0.25) is 0 Å². The maximum absolute atomic E-state index is 6.39. The van der Waals surface area contributed by atoms with Gasteiger partial charge in [-0.15, -0.1) is 0 Å². The molecule has 8 aromatic rings. The molecule has 7 aromatic carbocycles. The quantitative estimate of drug-likeness (QED) is 0.181. The van der Waals surface area contributed by atoms with Gasteiger partial charge >= 0.3 is 0 Å². The first kappa shape index (κ1) is 29.3. The van der Waals surface area contributed by atoms with Gasteiger partial charge in [-0.25, -0.2) is 15.0 Å². The van der Waals surface area contributed by atoms with Crippen LogP contribution in [0.5, 0.6) is 11.5 Å². The Morgan fingerprint density at radius 3 is 1.34 bits per heavy atom. The second-order valence-electron chi connectivity index (χ2n) is 12.1. The molecule has 1 aliphatic rings. The molecule has 9 rings (SSSR count). The van der Waals surface area contributed by atoms with Gasteiger partial charge in [0.25, 0.3) is 0 Å². The predicted molar refractivity (Wildman–Crippen MR) is 202 cm³/mol. The number of aromatic nitrogens is 3. The average molecular weight is 643 g/mol. The van der Waals surface area contributed by atoms with Gasteiger partial charge < -0.3 is 9.64 Å². The molecule has 5 nitrogen and oxygen atoms in total. The number of nitrogens with zero attached hydrogens (tertiary/aromatic N) is 4. The molecule has 0 fully saturated rings. The first-order valence-corrected chi connectivity index (χ1v) is 16.6. The number of hydrogen-bond acceptors (Lipinski definition) is 5. The van der Waals surface area contributed by atoms with E-state index in [0.29, 0.717) is 17.5 Å². The van der Waals surface area contributed by atoms with E-state index in [1.165, 1.54) is 5.56 Å². The summed E-state index contributed by atoms with van der Waals surface area (Å²) < 4.78 is 6.39. The summed E-state index contributed by atoms with van der Waals surface area (Å²) >= 11 is 0. The zero-order chi connectivity index (χ0) is 33.3. The van der Waals surface area contributed by atoms with Crippen molar-refractivity contribution in [2.75, 3.05) is 4.90 Å². The van der Waals surface area contributed by atoms with Crippen molar-refractivity contribution < 1.29 is 4.74 Å². The minimum atomic E-state index is 0.579.